The van der Waals surface area contributed by atoms with E-state index >= 15 is 0 Å². The smallest absolute Gasteiger partial charge is 0.0624 e. The van der Waals surface area contributed by atoms with Crippen LogP contribution < -0.4 is 5.73 Å². The molecule has 1 aromatic heterocycles. The Labute approximate surface area is 121 Å². The molecular weight excluding hydrogens is 250 g/mol. The summed E-state index contributed by atoms with van der Waals surface area (Å²) in [7, 11) is 0. The van der Waals surface area contributed by atoms with Gasteiger partial charge in [0.25, 0.3) is 0 Å². The lowest BCUT2D eigenvalue weighted by atomic mass is 9.97. The molecule has 20 heavy (non-hydrogen) atoms. The van der Waals surface area contributed by atoms with Crippen molar-refractivity contribution in [2.45, 2.75) is 45.3 Å². The van der Waals surface area contributed by atoms with Crippen molar-refractivity contribution in [3.05, 3.63) is 17.5 Å². The summed E-state index contributed by atoms with van der Waals surface area (Å²) in [6, 6.07) is 2.97. The van der Waals surface area contributed by atoms with E-state index in [1.807, 2.05) is 0 Å². The molecule has 2 atom stereocenters. The maximum absolute atomic E-state index is 6.53. The second-order valence-electron chi connectivity index (χ2n) is 6.07. The van der Waals surface area contributed by atoms with Crippen LogP contribution in [0.2, 0.25) is 0 Å². The quantitative estimate of drug-likeness (QED) is 0.843. The first-order valence-electron chi connectivity index (χ1n) is 7.98. The zero-order valence-electron chi connectivity index (χ0n) is 12.8. The molecule has 5 nitrogen and oxygen atoms in total. The predicted octanol–water partition coefficient (Wildman–Crippen LogP) is 0.335. The molecule has 0 radical (unpaired) electrons. The number of hydrogen-bond donors (Lipinski definition) is 1. The van der Waals surface area contributed by atoms with Crippen molar-refractivity contribution in [2.75, 3.05) is 32.7 Å². The molecule has 4 heterocycles. The Morgan fingerprint density at radius 2 is 2.05 bits per heavy atom. The minimum Gasteiger partial charge on any atom is -0.326 e. The molecule has 1 aromatic rings. The highest BCUT2D eigenvalue weighted by Gasteiger charge is 2.35. The molecule has 0 spiro atoms. The molecular formula is C15H27N5. The van der Waals surface area contributed by atoms with Crippen LogP contribution >= 0.6 is 0 Å². The van der Waals surface area contributed by atoms with Crippen LogP contribution in [0.3, 0.4) is 0 Å². The zero-order valence-corrected chi connectivity index (χ0v) is 12.8. The van der Waals surface area contributed by atoms with Gasteiger partial charge in [0, 0.05) is 63.5 Å². The van der Waals surface area contributed by atoms with E-state index in [1.54, 1.807) is 0 Å². The SMILES string of the molecule is CCc1cc(CC(N)C2CN3CCN2CC3)n(CC)n1. The van der Waals surface area contributed by atoms with Gasteiger partial charge in [-0.1, -0.05) is 6.92 Å². The minimum absolute atomic E-state index is 0.213. The summed E-state index contributed by atoms with van der Waals surface area (Å²) in [4.78, 5) is 5.14. The van der Waals surface area contributed by atoms with Crippen LogP contribution in [0.15, 0.2) is 6.07 Å². The van der Waals surface area contributed by atoms with Gasteiger partial charge in [-0.25, -0.2) is 0 Å². The van der Waals surface area contributed by atoms with Gasteiger partial charge in [-0.2, -0.15) is 5.10 Å². The summed E-state index contributed by atoms with van der Waals surface area (Å²) >= 11 is 0. The molecule has 0 amide bonds. The second kappa shape index (κ2) is 5.84. The fourth-order valence-electron chi connectivity index (χ4n) is 3.57. The summed E-state index contributed by atoms with van der Waals surface area (Å²) in [5.41, 5.74) is 9.02. The maximum Gasteiger partial charge on any atom is 0.0624 e. The summed E-state index contributed by atoms with van der Waals surface area (Å²) in [6.45, 7) is 11.2. The fraction of sp³-hybridized carbons (Fsp3) is 0.800. The Morgan fingerprint density at radius 1 is 1.30 bits per heavy atom. The third kappa shape index (κ3) is 2.62. The Balaban J connectivity index is 1.69. The summed E-state index contributed by atoms with van der Waals surface area (Å²) in [5.74, 6) is 0. The van der Waals surface area contributed by atoms with Crippen LogP contribution in [0, 0.1) is 0 Å². The van der Waals surface area contributed by atoms with Crippen LogP contribution in [0.25, 0.3) is 0 Å². The number of aryl methyl sites for hydroxylation is 2. The van der Waals surface area contributed by atoms with Gasteiger partial charge in [0.05, 0.1) is 5.69 Å². The third-order valence-electron chi connectivity index (χ3n) is 4.84. The van der Waals surface area contributed by atoms with Crippen molar-refractivity contribution in [3.8, 4) is 0 Å². The monoisotopic (exact) mass is 277 g/mol. The molecule has 3 fully saturated rings. The largest absolute Gasteiger partial charge is 0.326 e. The molecule has 3 saturated heterocycles. The fourth-order valence-corrected chi connectivity index (χ4v) is 3.57. The van der Waals surface area contributed by atoms with Gasteiger partial charge in [-0.3, -0.25) is 14.5 Å². The normalized spacial score (nSPS) is 30.6. The highest BCUT2D eigenvalue weighted by atomic mass is 15.4. The van der Waals surface area contributed by atoms with E-state index in [9.17, 15) is 0 Å². The number of rotatable bonds is 5. The van der Waals surface area contributed by atoms with E-state index in [4.69, 9.17) is 5.73 Å². The van der Waals surface area contributed by atoms with Crippen molar-refractivity contribution in [1.82, 2.24) is 19.6 Å². The second-order valence-corrected chi connectivity index (χ2v) is 6.07. The standard InChI is InChI=1S/C15H27N5/c1-3-12-9-13(20(4-2)17-12)10-14(16)15-11-18-5-7-19(15)8-6-18/h9,14-15H,3-8,10-11,16H2,1-2H3. The molecule has 3 aliphatic rings. The average Bonchev–Trinajstić information content (AvgIpc) is 2.90. The molecule has 0 aromatic carbocycles. The molecule has 2 N–H and O–H groups in total. The van der Waals surface area contributed by atoms with Crippen molar-refractivity contribution in [2.24, 2.45) is 5.73 Å². The summed E-state index contributed by atoms with van der Waals surface area (Å²) < 4.78 is 2.12. The van der Waals surface area contributed by atoms with E-state index in [0.717, 1.165) is 25.9 Å². The number of aromatic nitrogens is 2. The maximum atomic E-state index is 6.53. The Morgan fingerprint density at radius 3 is 2.60 bits per heavy atom. The molecule has 2 unspecified atom stereocenters. The van der Waals surface area contributed by atoms with Crippen molar-refractivity contribution in [1.29, 1.82) is 0 Å². The van der Waals surface area contributed by atoms with Crippen LogP contribution in [0.5, 0.6) is 0 Å². The van der Waals surface area contributed by atoms with Gasteiger partial charge in [0.1, 0.15) is 0 Å². The molecule has 2 bridgehead atoms. The highest BCUT2D eigenvalue weighted by Crippen LogP contribution is 2.19. The lowest BCUT2D eigenvalue weighted by molar-refractivity contribution is 0.00235. The summed E-state index contributed by atoms with van der Waals surface area (Å²) in [6.07, 6.45) is 1.94. The van der Waals surface area contributed by atoms with Crippen LogP contribution in [-0.2, 0) is 19.4 Å². The Kier molecular flexibility index (Phi) is 4.10. The number of hydrogen-bond acceptors (Lipinski definition) is 4. The average molecular weight is 277 g/mol. The van der Waals surface area contributed by atoms with Gasteiger partial charge in [0.15, 0.2) is 0 Å². The van der Waals surface area contributed by atoms with Gasteiger partial charge >= 0.3 is 0 Å². The predicted molar refractivity (Wildman–Crippen MR) is 80.8 cm³/mol. The number of fused-ring (bicyclic) bond motifs is 3. The highest BCUT2D eigenvalue weighted by molar-refractivity contribution is 5.13. The molecule has 112 valence electrons. The topological polar surface area (TPSA) is 50.3 Å². The Hall–Kier alpha value is -0.910. The third-order valence-corrected chi connectivity index (χ3v) is 4.84. The molecule has 3 aliphatic heterocycles. The van der Waals surface area contributed by atoms with Crippen LogP contribution in [0.1, 0.15) is 25.2 Å². The van der Waals surface area contributed by atoms with Gasteiger partial charge in [-0.15, -0.1) is 0 Å². The first-order valence-corrected chi connectivity index (χ1v) is 7.98. The minimum atomic E-state index is 0.213. The van der Waals surface area contributed by atoms with Gasteiger partial charge < -0.3 is 5.73 Å². The molecule has 0 saturated carbocycles. The van der Waals surface area contributed by atoms with Crippen molar-refractivity contribution in [3.63, 3.8) is 0 Å². The first kappa shape index (κ1) is 14.0. The first-order chi connectivity index (χ1) is 9.71. The van der Waals surface area contributed by atoms with E-state index in [0.29, 0.717) is 6.04 Å². The van der Waals surface area contributed by atoms with Crippen molar-refractivity contribution < 1.29 is 0 Å². The lowest BCUT2D eigenvalue weighted by Gasteiger charge is -2.49. The van der Waals surface area contributed by atoms with E-state index in [-0.39, 0.29) is 6.04 Å². The van der Waals surface area contributed by atoms with Crippen LogP contribution in [0.4, 0.5) is 0 Å². The number of nitrogens with zero attached hydrogens (tertiary/aromatic N) is 4. The molecule has 0 aliphatic carbocycles. The van der Waals surface area contributed by atoms with Gasteiger partial charge in [-0.05, 0) is 19.4 Å². The number of nitrogens with two attached hydrogens (primary N) is 1. The molecule has 5 heteroatoms. The van der Waals surface area contributed by atoms with E-state index in [2.05, 4.69) is 39.5 Å². The van der Waals surface area contributed by atoms with E-state index < -0.39 is 0 Å². The summed E-state index contributed by atoms with van der Waals surface area (Å²) in [5, 5.41) is 4.63. The van der Waals surface area contributed by atoms with Gasteiger partial charge in [0.2, 0.25) is 0 Å². The Bertz CT molecular complexity index is 447. The molecule has 4 rings (SSSR count). The van der Waals surface area contributed by atoms with E-state index in [1.165, 1.54) is 37.6 Å². The zero-order chi connectivity index (χ0) is 14.1. The lowest BCUT2D eigenvalue weighted by Crippen LogP contribution is -2.66. The number of piperazine rings is 3. The van der Waals surface area contributed by atoms with Crippen molar-refractivity contribution >= 4 is 0 Å². The van der Waals surface area contributed by atoms with Crippen LogP contribution in [-0.4, -0.2) is 64.4 Å².